The molecule has 2 amide bonds. The standard InChI is InChI=1S/C37H45N5O5S/c1-3-25-47-32-17-13-30(14-18-32)38-34(43)26-33-35(44)42(31-15-11-29(12-16-31)36(45)46-4-2)37(48)41(33)20-8-19-39-21-23-40(24-22-39)27-28-9-6-5-7-10-28/h5-7,9-18,33H,3-4,8,19-27H2,1-2H3,(H,38,43). The number of nitrogens with zero attached hydrogens (tertiary/aromatic N) is 4. The summed E-state index contributed by atoms with van der Waals surface area (Å²) in [4.78, 5) is 47.7. The Labute approximate surface area is 288 Å². The number of rotatable bonds is 15. The molecule has 1 atom stereocenters. The molecule has 2 saturated heterocycles. The van der Waals surface area contributed by atoms with Crippen LogP contribution in [0.3, 0.4) is 0 Å². The van der Waals surface area contributed by atoms with E-state index in [1.165, 1.54) is 10.5 Å². The number of nitrogens with one attached hydrogen (secondary N) is 1. The van der Waals surface area contributed by atoms with Gasteiger partial charge < -0.3 is 24.6 Å². The SMILES string of the molecule is CCCOc1ccc(NC(=O)CC2C(=O)N(c3ccc(C(=O)OCC)cc3)C(=S)N2CCCN2CCN(Cc3ccccc3)CC2)cc1. The molecule has 2 heterocycles. The lowest BCUT2D eigenvalue weighted by Crippen LogP contribution is -2.47. The molecule has 0 aromatic heterocycles. The molecule has 3 aromatic carbocycles. The van der Waals surface area contributed by atoms with Crippen molar-refractivity contribution in [1.82, 2.24) is 14.7 Å². The van der Waals surface area contributed by atoms with Crippen LogP contribution < -0.4 is 15.0 Å². The zero-order valence-corrected chi connectivity index (χ0v) is 28.6. The number of carbonyl (C=O) groups is 3. The first-order valence-corrected chi connectivity index (χ1v) is 17.2. The molecule has 2 fully saturated rings. The monoisotopic (exact) mass is 671 g/mol. The van der Waals surface area contributed by atoms with Gasteiger partial charge >= 0.3 is 5.97 Å². The van der Waals surface area contributed by atoms with Crippen LogP contribution in [0, 0.1) is 0 Å². The van der Waals surface area contributed by atoms with Gasteiger partial charge in [-0.2, -0.15) is 0 Å². The first-order valence-electron chi connectivity index (χ1n) is 16.8. The largest absolute Gasteiger partial charge is 0.494 e. The Morgan fingerprint density at radius 2 is 1.56 bits per heavy atom. The van der Waals surface area contributed by atoms with Gasteiger partial charge in [-0.15, -0.1) is 0 Å². The average molecular weight is 672 g/mol. The van der Waals surface area contributed by atoms with Crippen LogP contribution >= 0.6 is 12.2 Å². The number of thiocarbonyl (C=S) groups is 1. The highest BCUT2D eigenvalue weighted by atomic mass is 32.1. The highest BCUT2D eigenvalue weighted by molar-refractivity contribution is 7.80. The molecule has 48 heavy (non-hydrogen) atoms. The minimum atomic E-state index is -0.753. The van der Waals surface area contributed by atoms with E-state index in [-0.39, 0.29) is 24.8 Å². The highest BCUT2D eigenvalue weighted by Crippen LogP contribution is 2.28. The minimum Gasteiger partial charge on any atom is -0.494 e. The molecule has 10 nitrogen and oxygen atoms in total. The molecule has 254 valence electrons. The van der Waals surface area contributed by atoms with Gasteiger partial charge in [0.2, 0.25) is 5.91 Å². The zero-order chi connectivity index (χ0) is 33.9. The van der Waals surface area contributed by atoms with Crippen LogP contribution in [0.25, 0.3) is 0 Å². The molecule has 0 radical (unpaired) electrons. The smallest absolute Gasteiger partial charge is 0.338 e. The molecule has 5 rings (SSSR count). The maximum absolute atomic E-state index is 13.9. The van der Waals surface area contributed by atoms with E-state index >= 15 is 0 Å². The Hall–Kier alpha value is -4.32. The lowest BCUT2D eigenvalue weighted by Gasteiger charge is -2.35. The molecule has 1 unspecified atom stereocenters. The maximum atomic E-state index is 13.9. The van der Waals surface area contributed by atoms with Crippen LogP contribution in [-0.4, -0.2) is 96.1 Å². The van der Waals surface area contributed by atoms with Gasteiger partial charge in [0.05, 0.1) is 30.9 Å². The van der Waals surface area contributed by atoms with Gasteiger partial charge in [0.25, 0.3) is 5.91 Å². The number of carbonyl (C=O) groups excluding carboxylic acids is 3. The van der Waals surface area contributed by atoms with E-state index in [0.29, 0.717) is 35.2 Å². The van der Waals surface area contributed by atoms with Crippen LogP contribution in [0.1, 0.15) is 49.0 Å². The van der Waals surface area contributed by atoms with Crippen molar-refractivity contribution in [2.45, 2.75) is 45.7 Å². The predicted molar refractivity (Wildman–Crippen MR) is 191 cm³/mol. The van der Waals surface area contributed by atoms with Crippen LogP contribution in [0.15, 0.2) is 78.9 Å². The van der Waals surface area contributed by atoms with E-state index in [4.69, 9.17) is 21.7 Å². The summed E-state index contributed by atoms with van der Waals surface area (Å²) in [7, 11) is 0. The average Bonchev–Trinajstić information content (AvgIpc) is 3.33. The molecule has 0 saturated carbocycles. The van der Waals surface area contributed by atoms with Crippen molar-refractivity contribution >= 4 is 46.5 Å². The van der Waals surface area contributed by atoms with Crippen molar-refractivity contribution in [2.24, 2.45) is 0 Å². The molecule has 2 aliphatic heterocycles. The maximum Gasteiger partial charge on any atom is 0.338 e. The molecule has 0 bridgehead atoms. The predicted octanol–water partition coefficient (Wildman–Crippen LogP) is 5.19. The third kappa shape index (κ3) is 9.18. The Kier molecular flexibility index (Phi) is 12.5. The normalized spacial score (nSPS) is 17.1. The molecular weight excluding hydrogens is 627 g/mol. The topological polar surface area (TPSA) is 94.7 Å². The Morgan fingerprint density at radius 3 is 2.23 bits per heavy atom. The lowest BCUT2D eigenvalue weighted by molar-refractivity contribution is -0.124. The van der Waals surface area contributed by atoms with Crippen molar-refractivity contribution in [1.29, 1.82) is 0 Å². The summed E-state index contributed by atoms with van der Waals surface area (Å²) in [5.41, 5.74) is 2.89. The second-order valence-corrected chi connectivity index (χ2v) is 12.4. The number of hydrogen-bond donors (Lipinski definition) is 1. The van der Waals surface area contributed by atoms with E-state index in [2.05, 4.69) is 39.4 Å². The molecular formula is C37H45N5O5S. The van der Waals surface area contributed by atoms with Crippen molar-refractivity contribution in [3.05, 3.63) is 90.0 Å². The summed E-state index contributed by atoms with van der Waals surface area (Å²) < 4.78 is 10.7. The lowest BCUT2D eigenvalue weighted by atomic mass is 10.1. The van der Waals surface area contributed by atoms with Crippen molar-refractivity contribution < 1.29 is 23.9 Å². The fourth-order valence-corrected chi connectivity index (χ4v) is 6.42. The first kappa shape index (κ1) is 35.0. The van der Waals surface area contributed by atoms with Gasteiger partial charge in [-0.25, -0.2) is 4.79 Å². The van der Waals surface area contributed by atoms with Gasteiger partial charge in [0.15, 0.2) is 5.11 Å². The summed E-state index contributed by atoms with van der Waals surface area (Å²) in [6.45, 7) is 11.0. The van der Waals surface area contributed by atoms with Crippen LogP contribution in [0.5, 0.6) is 5.75 Å². The number of esters is 1. The number of ether oxygens (including phenoxy) is 2. The van der Waals surface area contributed by atoms with Crippen LogP contribution in [0.4, 0.5) is 11.4 Å². The third-order valence-electron chi connectivity index (χ3n) is 8.53. The first-order chi connectivity index (χ1) is 23.4. The third-order valence-corrected chi connectivity index (χ3v) is 8.95. The summed E-state index contributed by atoms with van der Waals surface area (Å²) in [6, 6.07) is 23.6. The van der Waals surface area contributed by atoms with Gasteiger partial charge in [0.1, 0.15) is 11.8 Å². The summed E-state index contributed by atoms with van der Waals surface area (Å²) >= 11 is 5.88. The number of anilines is 2. The van der Waals surface area contributed by atoms with Gasteiger partial charge in [-0.3, -0.25) is 19.4 Å². The number of piperazine rings is 1. The van der Waals surface area contributed by atoms with Crippen LogP contribution in [0.2, 0.25) is 0 Å². The second-order valence-electron chi connectivity index (χ2n) is 12.0. The van der Waals surface area contributed by atoms with E-state index in [1.807, 2.05) is 30.0 Å². The molecule has 11 heteroatoms. The fraction of sp³-hybridized carbons (Fsp3) is 0.405. The highest BCUT2D eigenvalue weighted by Gasteiger charge is 2.44. The van der Waals surface area contributed by atoms with Crippen LogP contribution in [-0.2, 0) is 20.9 Å². The number of benzene rings is 3. The summed E-state index contributed by atoms with van der Waals surface area (Å²) in [5, 5.41) is 3.28. The minimum absolute atomic E-state index is 0.0529. The molecule has 0 aliphatic carbocycles. The Morgan fingerprint density at radius 1 is 0.875 bits per heavy atom. The van der Waals surface area contributed by atoms with Gasteiger partial charge in [0, 0.05) is 45.0 Å². The molecule has 0 spiro atoms. The second kappa shape index (κ2) is 17.2. The summed E-state index contributed by atoms with van der Waals surface area (Å²) in [6.07, 6.45) is 1.64. The van der Waals surface area contributed by atoms with E-state index in [0.717, 1.165) is 57.9 Å². The van der Waals surface area contributed by atoms with Crippen molar-refractivity contribution in [2.75, 3.05) is 62.7 Å². The molecule has 3 aromatic rings. The van der Waals surface area contributed by atoms with Crippen molar-refractivity contribution in [3.63, 3.8) is 0 Å². The molecule has 1 N–H and O–H groups in total. The Balaban J connectivity index is 1.22. The van der Waals surface area contributed by atoms with E-state index in [1.54, 1.807) is 43.3 Å². The zero-order valence-electron chi connectivity index (χ0n) is 27.8. The van der Waals surface area contributed by atoms with Gasteiger partial charge in [-0.1, -0.05) is 37.3 Å². The van der Waals surface area contributed by atoms with E-state index < -0.39 is 12.0 Å². The van der Waals surface area contributed by atoms with E-state index in [9.17, 15) is 14.4 Å². The fourth-order valence-electron chi connectivity index (χ4n) is 6.01. The molecule has 2 aliphatic rings. The summed E-state index contributed by atoms with van der Waals surface area (Å²) in [5.74, 6) is -0.240. The number of amides is 2. The quantitative estimate of drug-likeness (QED) is 0.173. The number of hydrogen-bond acceptors (Lipinski definition) is 8. The van der Waals surface area contributed by atoms with Gasteiger partial charge in [-0.05, 0) is 92.6 Å². The van der Waals surface area contributed by atoms with Crippen molar-refractivity contribution in [3.8, 4) is 5.75 Å². The Bertz CT molecular complexity index is 1530.